The summed E-state index contributed by atoms with van der Waals surface area (Å²) in [6.45, 7) is 5.13. The predicted molar refractivity (Wildman–Crippen MR) is 78.1 cm³/mol. The molecular weight excluding hydrogens is 362 g/mol. The first-order valence-electron chi connectivity index (χ1n) is 6.22. The molecule has 1 amide bonds. The molecule has 1 aromatic heterocycles. The number of rotatable bonds is 5. The number of aromatic nitrogens is 2. The fourth-order valence-electron chi connectivity index (χ4n) is 1.52. The fraction of sp³-hybridized carbons (Fsp3) is 0.500. The van der Waals surface area contributed by atoms with Crippen LogP contribution in [0, 0.1) is 0 Å². The van der Waals surface area contributed by atoms with E-state index < -0.39 is 29.3 Å². The number of nitrogens with zero attached hydrogens (tertiary/aromatic N) is 2. The van der Waals surface area contributed by atoms with E-state index in [1.54, 1.807) is 20.8 Å². The molecule has 0 bridgehead atoms. The van der Waals surface area contributed by atoms with E-state index in [1.165, 1.54) is 0 Å². The molecule has 22 heavy (non-hydrogen) atoms. The maximum absolute atomic E-state index is 11.5. The topological polar surface area (TPSA) is 131 Å². The van der Waals surface area contributed by atoms with Gasteiger partial charge in [-0.2, -0.15) is 5.10 Å². The standard InChI is InChI=1S/C12H16BrN3O6/c1-12(2,3)22-11(21)14-4-5-16-8(10(19)20)6(13)7(15-16)9(17)18/h4-5H2,1-3H3,(H,14,21)(H,17,18)(H,19,20). The SMILES string of the molecule is CC(C)(C)OC(=O)NCCn1nc(C(=O)O)c(Br)c1C(=O)O. The van der Waals surface area contributed by atoms with Crippen LogP contribution in [0.1, 0.15) is 41.7 Å². The monoisotopic (exact) mass is 377 g/mol. The Morgan fingerprint density at radius 2 is 1.86 bits per heavy atom. The predicted octanol–water partition coefficient (Wildman–Crippen LogP) is 1.57. The highest BCUT2D eigenvalue weighted by Crippen LogP contribution is 2.21. The van der Waals surface area contributed by atoms with Crippen LogP contribution in [0.2, 0.25) is 0 Å². The van der Waals surface area contributed by atoms with Crippen LogP contribution in [0.15, 0.2) is 4.47 Å². The number of carboxylic acids is 2. The summed E-state index contributed by atoms with van der Waals surface area (Å²) in [5.74, 6) is -2.68. The number of halogens is 1. The smallest absolute Gasteiger partial charge is 0.407 e. The molecule has 0 aliphatic heterocycles. The van der Waals surface area contributed by atoms with Crippen molar-refractivity contribution in [2.45, 2.75) is 32.9 Å². The van der Waals surface area contributed by atoms with Crippen LogP contribution in [0.25, 0.3) is 0 Å². The molecular formula is C12H16BrN3O6. The lowest BCUT2D eigenvalue weighted by Crippen LogP contribution is -2.34. The second-order valence-electron chi connectivity index (χ2n) is 5.27. The van der Waals surface area contributed by atoms with Crippen molar-refractivity contribution < 1.29 is 29.3 Å². The number of alkyl carbamates (subject to hydrolysis) is 1. The molecule has 10 heteroatoms. The lowest BCUT2D eigenvalue weighted by Gasteiger charge is -2.19. The summed E-state index contributed by atoms with van der Waals surface area (Å²) < 4.78 is 5.89. The van der Waals surface area contributed by atoms with Crippen LogP contribution in [-0.4, -0.2) is 50.2 Å². The van der Waals surface area contributed by atoms with Crippen LogP contribution < -0.4 is 5.32 Å². The summed E-state index contributed by atoms with van der Waals surface area (Å²) in [5.41, 5.74) is -1.36. The third-order valence-corrected chi connectivity index (χ3v) is 3.04. The zero-order valence-electron chi connectivity index (χ0n) is 12.2. The van der Waals surface area contributed by atoms with E-state index in [2.05, 4.69) is 26.3 Å². The minimum atomic E-state index is -1.35. The minimum Gasteiger partial charge on any atom is -0.476 e. The van der Waals surface area contributed by atoms with Gasteiger partial charge in [0.05, 0.1) is 11.0 Å². The van der Waals surface area contributed by atoms with Gasteiger partial charge in [0.15, 0.2) is 11.4 Å². The summed E-state index contributed by atoms with van der Waals surface area (Å²) in [7, 11) is 0. The normalized spacial score (nSPS) is 11.1. The molecule has 0 saturated carbocycles. The average Bonchev–Trinajstić information content (AvgIpc) is 2.64. The number of carboxylic acid groups (broad SMARTS) is 2. The number of aromatic carboxylic acids is 2. The highest BCUT2D eigenvalue weighted by atomic mass is 79.9. The van der Waals surface area contributed by atoms with Gasteiger partial charge in [-0.3, -0.25) is 4.68 Å². The van der Waals surface area contributed by atoms with Crippen LogP contribution in [0.5, 0.6) is 0 Å². The number of hydrogen-bond donors (Lipinski definition) is 3. The average molecular weight is 378 g/mol. The molecule has 0 unspecified atom stereocenters. The van der Waals surface area contributed by atoms with Gasteiger partial charge in [0, 0.05) is 6.54 Å². The zero-order valence-corrected chi connectivity index (χ0v) is 13.8. The van der Waals surface area contributed by atoms with Crippen molar-refractivity contribution in [3.63, 3.8) is 0 Å². The van der Waals surface area contributed by atoms with E-state index in [0.29, 0.717) is 0 Å². The molecule has 0 spiro atoms. The first-order chi connectivity index (χ1) is 10.0. The number of amides is 1. The number of carbonyl (C=O) groups excluding carboxylic acids is 1. The molecule has 1 rings (SSSR count). The van der Waals surface area contributed by atoms with Gasteiger partial charge in [-0.05, 0) is 36.7 Å². The number of carbonyl (C=O) groups is 3. The van der Waals surface area contributed by atoms with Gasteiger partial charge in [-0.25, -0.2) is 14.4 Å². The van der Waals surface area contributed by atoms with Crippen LogP contribution >= 0.6 is 15.9 Å². The van der Waals surface area contributed by atoms with Crippen molar-refractivity contribution in [1.29, 1.82) is 0 Å². The van der Waals surface area contributed by atoms with Gasteiger partial charge >= 0.3 is 18.0 Å². The van der Waals surface area contributed by atoms with Crippen molar-refractivity contribution in [1.82, 2.24) is 15.1 Å². The quantitative estimate of drug-likeness (QED) is 0.709. The van der Waals surface area contributed by atoms with E-state index in [0.717, 1.165) is 4.68 Å². The summed E-state index contributed by atoms with van der Waals surface area (Å²) in [6.07, 6.45) is -0.658. The molecule has 0 radical (unpaired) electrons. The highest BCUT2D eigenvalue weighted by molar-refractivity contribution is 9.10. The Labute approximate surface area is 134 Å². The molecule has 0 aromatic carbocycles. The summed E-state index contributed by atoms with van der Waals surface area (Å²) in [5, 5.41) is 24.2. The Bertz CT molecular complexity index is 605. The number of nitrogens with one attached hydrogen (secondary N) is 1. The van der Waals surface area contributed by atoms with Crippen LogP contribution in [0.3, 0.4) is 0 Å². The van der Waals surface area contributed by atoms with Gasteiger partial charge in [0.25, 0.3) is 0 Å². The van der Waals surface area contributed by atoms with E-state index >= 15 is 0 Å². The van der Waals surface area contributed by atoms with Crippen molar-refractivity contribution >= 4 is 34.0 Å². The minimum absolute atomic E-state index is 0.0211. The Hall–Kier alpha value is -2.10. The third-order valence-electron chi connectivity index (χ3n) is 2.29. The summed E-state index contributed by atoms with van der Waals surface area (Å²) in [6, 6.07) is 0. The summed E-state index contributed by atoms with van der Waals surface area (Å²) in [4.78, 5) is 33.6. The lowest BCUT2D eigenvalue weighted by atomic mass is 10.2. The molecule has 0 aliphatic rings. The fourth-order valence-corrected chi connectivity index (χ4v) is 2.14. The van der Waals surface area contributed by atoms with E-state index in [-0.39, 0.29) is 23.3 Å². The Morgan fingerprint density at radius 1 is 1.27 bits per heavy atom. The van der Waals surface area contributed by atoms with Crippen LogP contribution in [0.4, 0.5) is 4.79 Å². The molecule has 122 valence electrons. The number of hydrogen-bond acceptors (Lipinski definition) is 5. The van der Waals surface area contributed by atoms with Gasteiger partial charge in [0.1, 0.15) is 5.60 Å². The first kappa shape index (κ1) is 18.0. The maximum atomic E-state index is 11.5. The van der Waals surface area contributed by atoms with Crippen molar-refractivity contribution in [3.8, 4) is 0 Å². The van der Waals surface area contributed by atoms with Crippen molar-refractivity contribution in [3.05, 3.63) is 15.9 Å². The van der Waals surface area contributed by atoms with Crippen molar-refractivity contribution in [2.24, 2.45) is 0 Å². The zero-order chi connectivity index (χ0) is 17.1. The maximum Gasteiger partial charge on any atom is 0.407 e. The van der Waals surface area contributed by atoms with E-state index in [1.807, 2.05) is 0 Å². The molecule has 1 aromatic rings. The second-order valence-corrected chi connectivity index (χ2v) is 6.07. The van der Waals surface area contributed by atoms with Crippen LogP contribution in [-0.2, 0) is 11.3 Å². The molecule has 9 nitrogen and oxygen atoms in total. The molecule has 0 aliphatic carbocycles. The van der Waals surface area contributed by atoms with Crippen molar-refractivity contribution in [2.75, 3.05) is 6.54 Å². The van der Waals surface area contributed by atoms with E-state index in [4.69, 9.17) is 14.9 Å². The second kappa shape index (κ2) is 6.77. The lowest BCUT2D eigenvalue weighted by molar-refractivity contribution is 0.0524. The first-order valence-corrected chi connectivity index (χ1v) is 7.02. The van der Waals surface area contributed by atoms with Gasteiger partial charge in [0.2, 0.25) is 0 Å². The summed E-state index contributed by atoms with van der Waals surface area (Å²) >= 11 is 2.91. The highest BCUT2D eigenvalue weighted by Gasteiger charge is 2.25. The van der Waals surface area contributed by atoms with Gasteiger partial charge in [-0.1, -0.05) is 0 Å². The molecule has 0 atom stereocenters. The molecule has 3 N–H and O–H groups in total. The molecule has 0 fully saturated rings. The Kier molecular flexibility index (Phi) is 5.53. The Balaban J connectivity index is 2.78. The van der Waals surface area contributed by atoms with Gasteiger partial charge in [-0.15, -0.1) is 0 Å². The molecule has 1 heterocycles. The largest absolute Gasteiger partial charge is 0.476 e. The van der Waals surface area contributed by atoms with Gasteiger partial charge < -0.3 is 20.3 Å². The number of ether oxygens (including phenoxy) is 1. The van der Waals surface area contributed by atoms with E-state index in [9.17, 15) is 14.4 Å². The molecule has 0 saturated heterocycles. The third kappa shape index (κ3) is 4.72. The Morgan fingerprint density at radius 3 is 2.32 bits per heavy atom.